The summed E-state index contributed by atoms with van der Waals surface area (Å²) in [5.41, 5.74) is 5.71. The first-order valence-corrected chi connectivity index (χ1v) is 6.06. The summed E-state index contributed by atoms with van der Waals surface area (Å²) in [5, 5.41) is 8.87. The fraction of sp³-hybridized carbons (Fsp3) is 0.889. The van der Waals surface area contributed by atoms with E-state index in [0.29, 0.717) is 6.42 Å². The van der Waals surface area contributed by atoms with E-state index < -0.39 is 6.04 Å². The minimum atomic E-state index is -0.443. The van der Waals surface area contributed by atoms with E-state index in [4.69, 9.17) is 10.8 Å². The molecule has 0 aliphatic rings. The molecule has 0 rings (SSSR count). The van der Waals surface area contributed by atoms with Crippen LogP contribution in [0.25, 0.3) is 0 Å². The van der Waals surface area contributed by atoms with Gasteiger partial charge in [0.15, 0.2) is 0 Å². The van der Waals surface area contributed by atoms with Gasteiger partial charge in [0.05, 0.1) is 18.7 Å². The number of hydrogen-bond donors (Lipinski definition) is 2. The number of rotatable bonds is 6. The van der Waals surface area contributed by atoms with Crippen LogP contribution >= 0.6 is 11.8 Å². The normalized spacial score (nSPS) is 14.9. The molecule has 1 unspecified atom stereocenters. The van der Waals surface area contributed by atoms with Crippen molar-refractivity contribution in [2.75, 3.05) is 25.7 Å². The molecule has 1 amide bonds. The SMILES string of the molecule is CSCC[C@@H](N)C(=O)N(C)C(C)CO. The minimum absolute atomic E-state index is 0.0303. The van der Waals surface area contributed by atoms with Gasteiger partial charge in [-0.2, -0.15) is 11.8 Å². The number of likely N-dealkylation sites (N-methyl/N-ethyl adjacent to an activating group) is 1. The lowest BCUT2D eigenvalue weighted by atomic mass is 10.2. The lowest BCUT2D eigenvalue weighted by Crippen LogP contribution is -2.46. The van der Waals surface area contributed by atoms with Crippen molar-refractivity contribution in [2.24, 2.45) is 5.73 Å². The lowest BCUT2D eigenvalue weighted by molar-refractivity contribution is -0.133. The van der Waals surface area contributed by atoms with Crippen molar-refractivity contribution in [1.29, 1.82) is 0 Å². The molecule has 0 fully saturated rings. The predicted molar refractivity (Wildman–Crippen MR) is 60.3 cm³/mol. The summed E-state index contributed by atoms with van der Waals surface area (Å²) in [6, 6.07) is -0.607. The van der Waals surface area contributed by atoms with E-state index in [-0.39, 0.29) is 18.6 Å². The summed E-state index contributed by atoms with van der Waals surface area (Å²) in [4.78, 5) is 13.1. The average Bonchev–Trinajstić information content (AvgIpc) is 2.22. The van der Waals surface area contributed by atoms with E-state index >= 15 is 0 Å². The van der Waals surface area contributed by atoms with Crippen molar-refractivity contribution in [2.45, 2.75) is 25.4 Å². The van der Waals surface area contributed by atoms with Crippen LogP contribution in [0.4, 0.5) is 0 Å². The van der Waals surface area contributed by atoms with Gasteiger partial charge in [0.25, 0.3) is 0 Å². The Hall–Kier alpha value is -0.260. The van der Waals surface area contributed by atoms with Crippen LogP contribution in [0.5, 0.6) is 0 Å². The molecule has 0 bridgehead atoms. The van der Waals surface area contributed by atoms with Crippen molar-refractivity contribution in [3.63, 3.8) is 0 Å². The Kier molecular flexibility index (Phi) is 6.96. The molecular weight excluding hydrogens is 200 g/mol. The van der Waals surface area contributed by atoms with Crippen LogP contribution in [0.2, 0.25) is 0 Å². The Morgan fingerprint density at radius 2 is 2.21 bits per heavy atom. The van der Waals surface area contributed by atoms with Crippen molar-refractivity contribution < 1.29 is 9.90 Å². The molecule has 0 aromatic heterocycles. The average molecular weight is 220 g/mol. The Bertz CT molecular complexity index is 178. The third-order valence-corrected chi connectivity index (χ3v) is 2.87. The highest BCUT2D eigenvalue weighted by Crippen LogP contribution is 2.03. The van der Waals surface area contributed by atoms with E-state index in [1.54, 1.807) is 25.7 Å². The number of amides is 1. The Balaban J connectivity index is 4.03. The van der Waals surface area contributed by atoms with Gasteiger partial charge in [-0.1, -0.05) is 0 Å². The third kappa shape index (κ3) is 4.30. The maximum Gasteiger partial charge on any atom is 0.239 e. The summed E-state index contributed by atoms with van der Waals surface area (Å²) in [7, 11) is 1.67. The molecule has 0 aromatic carbocycles. The molecule has 0 aliphatic carbocycles. The van der Waals surface area contributed by atoms with Crippen LogP contribution in [-0.2, 0) is 4.79 Å². The quantitative estimate of drug-likeness (QED) is 0.656. The van der Waals surface area contributed by atoms with Gasteiger partial charge < -0.3 is 15.7 Å². The van der Waals surface area contributed by atoms with Crippen LogP contribution < -0.4 is 5.73 Å². The Labute approximate surface area is 89.8 Å². The van der Waals surface area contributed by atoms with Gasteiger partial charge in [-0.15, -0.1) is 0 Å². The standard InChI is InChI=1S/C9H20N2O2S/c1-7(6-12)11(2)9(13)8(10)4-5-14-3/h7-8,12H,4-6,10H2,1-3H3/t7?,8-/m1/s1. The molecule has 2 atom stereocenters. The first kappa shape index (κ1) is 13.7. The monoisotopic (exact) mass is 220 g/mol. The Morgan fingerprint density at radius 1 is 1.64 bits per heavy atom. The zero-order chi connectivity index (χ0) is 11.1. The van der Waals surface area contributed by atoms with Gasteiger partial charge in [-0.25, -0.2) is 0 Å². The van der Waals surface area contributed by atoms with E-state index in [9.17, 15) is 4.79 Å². The molecule has 84 valence electrons. The largest absolute Gasteiger partial charge is 0.394 e. The molecular formula is C9H20N2O2S. The highest BCUT2D eigenvalue weighted by molar-refractivity contribution is 7.98. The molecule has 0 spiro atoms. The van der Waals surface area contributed by atoms with Crippen LogP contribution in [-0.4, -0.2) is 53.7 Å². The fourth-order valence-electron chi connectivity index (χ4n) is 0.970. The highest BCUT2D eigenvalue weighted by Gasteiger charge is 2.20. The second-order valence-corrected chi connectivity index (χ2v) is 4.35. The smallest absolute Gasteiger partial charge is 0.239 e. The van der Waals surface area contributed by atoms with E-state index in [1.165, 1.54) is 4.90 Å². The number of hydrogen-bond acceptors (Lipinski definition) is 4. The molecule has 3 N–H and O–H groups in total. The number of nitrogens with zero attached hydrogens (tertiary/aromatic N) is 1. The first-order valence-electron chi connectivity index (χ1n) is 4.66. The molecule has 0 aliphatic heterocycles. The summed E-state index contributed by atoms with van der Waals surface area (Å²) in [6.45, 7) is 1.76. The molecule has 0 saturated carbocycles. The molecule has 14 heavy (non-hydrogen) atoms. The van der Waals surface area contributed by atoms with Gasteiger partial charge in [0, 0.05) is 7.05 Å². The van der Waals surface area contributed by atoms with Gasteiger partial charge in [-0.05, 0) is 25.4 Å². The summed E-state index contributed by atoms with van der Waals surface area (Å²) in [5.74, 6) is 0.787. The number of aliphatic hydroxyl groups excluding tert-OH is 1. The van der Waals surface area contributed by atoms with Crippen molar-refractivity contribution in [1.82, 2.24) is 4.90 Å². The highest BCUT2D eigenvalue weighted by atomic mass is 32.2. The van der Waals surface area contributed by atoms with Gasteiger partial charge in [0.1, 0.15) is 0 Å². The zero-order valence-corrected chi connectivity index (χ0v) is 9.88. The van der Waals surface area contributed by atoms with Crippen LogP contribution in [0.15, 0.2) is 0 Å². The van der Waals surface area contributed by atoms with Crippen LogP contribution in [0, 0.1) is 0 Å². The molecule has 0 radical (unpaired) electrons. The van der Waals surface area contributed by atoms with E-state index in [2.05, 4.69) is 0 Å². The Morgan fingerprint density at radius 3 is 2.64 bits per heavy atom. The lowest BCUT2D eigenvalue weighted by Gasteiger charge is -2.26. The number of aliphatic hydroxyl groups is 1. The number of thioether (sulfide) groups is 1. The second kappa shape index (κ2) is 7.09. The molecule has 4 nitrogen and oxygen atoms in total. The third-order valence-electron chi connectivity index (χ3n) is 2.22. The van der Waals surface area contributed by atoms with Crippen LogP contribution in [0.3, 0.4) is 0 Å². The second-order valence-electron chi connectivity index (χ2n) is 3.37. The number of nitrogens with two attached hydrogens (primary N) is 1. The number of carbonyl (C=O) groups is 1. The van der Waals surface area contributed by atoms with Gasteiger partial charge in [-0.3, -0.25) is 4.79 Å². The van der Waals surface area contributed by atoms with E-state index in [1.807, 2.05) is 6.26 Å². The van der Waals surface area contributed by atoms with Crippen molar-refractivity contribution in [3.8, 4) is 0 Å². The fourth-order valence-corrected chi connectivity index (χ4v) is 1.46. The maximum atomic E-state index is 11.6. The topological polar surface area (TPSA) is 66.6 Å². The van der Waals surface area contributed by atoms with Gasteiger partial charge >= 0.3 is 0 Å². The summed E-state index contributed by atoms with van der Waals surface area (Å²) >= 11 is 1.67. The molecule has 0 aromatic rings. The zero-order valence-electron chi connectivity index (χ0n) is 9.06. The summed E-state index contributed by atoms with van der Waals surface area (Å²) in [6.07, 6.45) is 2.67. The summed E-state index contributed by atoms with van der Waals surface area (Å²) < 4.78 is 0. The first-order chi connectivity index (χ1) is 6.54. The van der Waals surface area contributed by atoms with Crippen molar-refractivity contribution in [3.05, 3.63) is 0 Å². The van der Waals surface area contributed by atoms with Crippen molar-refractivity contribution >= 4 is 17.7 Å². The van der Waals surface area contributed by atoms with E-state index in [0.717, 1.165) is 5.75 Å². The van der Waals surface area contributed by atoms with Crippen LogP contribution in [0.1, 0.15) is 13.3 Å². The minimum Gasteiger partial charge on any atom is -0.394 e. The predicted octanol–water partition coefficient (Wildman–Crippen LogP) is -0.0940. The molecule has 0 saturated heterocycles. The van der Waals surface area contributed by atoms with Gasteiger partial charge in [0.2, 0.25) is 5.91 Å². The molecule has 5 heteroatoms. The number of carbonyl (C=O) groups excluding carboxylic acids is 1. The maximum absolute atomic E-state index is 11.6. The molecule has 0 heterocycles.